The summed E-state index contributed by atoms with van der Waals surface area (Å²) in [5.41, 5.74) is 1.18. The van der Waals surface area contributed by atoms with Crippen LogP contribution in [0, 0.1) is 3.57 Å². The van der Waals surface area contributed by atoms with Gasteiger partial charge in [-0.25, -0.2) is 0 Å². The molecule has 0 N–H and O–H groups in total. The molecule has 4 heteroatoms. The molecule has 0 radical (unpaired) electrons. The number of ether oxygens (including phenoxy) is 1. The minimum absolute atomic E-state index is 0.669. The van der Waals surface area contributed by atoms with Crippen LogP contribution in [0.1, 0.15) is 19.5 Å². The molecular weight excluding hydrogens is 267 g/mol. The van der Waals surface area contributed by atoms with Crippen LogP contribution in [-0.4, -0.2) is 16.4 Å². The van der Waals surface area contributed by atoms with Crippen LogP contribution in [0.3, 0.4) is 0 Å². The molecule has 0 amide bonds. The third-order valence-electron chi connectivity index (χ3n) is 1.64. The summed E-state index contributed by atoms with van der Waals surface area (Å²) in [6.45, 7) is 6.41. The second-order valence-electron chi connectivity index (χ2n) is 2.39. The maximum Gasteiger partial charge on any atom is 0.0895 e. The number of hydrogen-bond acceptors (Lipinski definition) is 2. The quantitative estimate of drug-likeness (QED) is 0.789. The Labute approximate surface area is 86.2 Å². The number of rotatable bonds is 4. The fourth-order valence-electron chi connectivity index (χ4n) is 1.00. The van der Waals surface area contributed by atoms with Gasteiger partial charge in [0.15, 0.2) is 0 Å². The van der Waals surface area contributed by atoms with Crippen molar-refractivity contribution in [1.82, 2.24) is 9.78 Å². The van der Waals surface area contributed by atoms with E-state index in [1.54, 1.807) is 0 Å². The third-order valence-corrected chi connectivity index (χ3v) is 2.54. The first-order chi connectivity index (χ1) is 5.79. The standard InChI is InChI=1S/C8H13IN2O/c1-3-11-8(6-12-4-2)7(9)5-10-11/h5H,3-4,6H2,1-2H3. The zero-order chi connectivity index (χ0) is 8.97. The van der Waals surface area contributed by atoms with Gasteiger partial charge >= 0.3 is 0 Å². The van der Waals surface area contributed by atoms with Gasteiger partial charge in [0.05, 0.1) is 22.1 Å². The lowest BCUT2D eigenvalue weighted by Crippen LogP contribution is -2.05. The monoisotopic (exact) mass is 280 g/mol. The van der Waals surface area contributed by atoms with Crippen molar-refractivity contribution < 1.29 is 4.74 Å². The van der Waals surface area contributed by atoms with Gasteiger partial charge in [-0.2, -0.15) is 5.10 Å². The molecule has 68 valence electrons. The molecule has 0 aromatic carbocycles. The number of aryl methyl sites for hydroxylation is 1. The average Bonchev–Trinajstić information content (AvgIpc) is 2.43. The lowest BCUT2D eigenvalue weighted by atomic mass is 10.4. The van der Waals surface area contributed by atoms with Gasteiger partial charge in [0.2, 0.25) is 0 Å². The molecule has 0 bridgehead atoms. The topological polar surface area (TPSA) is 27.1 Å². The fourth-order valence-corrected chi connectivity index (χ4v) is 1.56. The molecule has 1 aromatic rings. The molecule has 0 aliphatic carbocycles. The summed E-state index contributed by atoms with van der Waals surface area (Å²) in [5, 5.41) is 4.22. The SMILES string of the molecule is CCOCc1c(I)cnn1CC. The molecule has 0 saturated heterocycles. The second kappa shape index (κ2) is 4.81. The zero-order valence-electron chi connectivity index (χ0n) is 7.38. The van der Waals surface area contributed by atoms with Crippen LogP contribution in [0.5, 0.6) is 0 Å². The minimum atomic E-state index is 0.669. The van der Waals surface area contributed by atoms with Crippen molar-refractivity contribution in [1.29, 1.82) is 0 Å². The molecular formula is C8H13IN2O. The summed E-state index contributed by atoms with van der Waals surface area (Å²) in [5.74, 6) is 0. The van der Waals surface area contributed by atoms with Crippen molar-refractivity contribution in [2.45, 2.75) is 27.0 Å². The normalized spacial score (nSPS) is 10.6. The van der Waals surface area contributed by atoms with Crippen LogP contribution in [0.2, 0.25) is 0 Å². The van der Waals surface area contributed by atoms with Crippen LogP contribution < -0.4 is 0 Å². The van der Waals surface area contributed by atoms with Gasteiger partial charge in [0, 0.05) is 13.2 Å². The van der Waals surface area contributed by atoms with Gasteiger partial charge in [-0.15, -0.1) is 0 Å². The van der Waals surface area contributed by atoms with Crippen molar-refractivity contribution in [2.75, 3.05) is 6.61 Å². The van der Waals surface area contributed by atoms with Gasteiger partial charge in [0.1, 0.15) is 0 Å². The Morgan fingerprint density at radius 3 is 2.92 bits per heavy atom. The van der Waals surface area contributed by atoms with Gasteiger partial charge in [-0.1, -0.05) is 0 Å². The Morgan fingerprint density at radius 2 is 2.33 bits per heavy atom. The van der Waals surface area contributed by atoms with Crippen molar-refractivity contribution in [3.63, 3.8) is 0 Å². The van der Waals surface area contributed by atoms with E-state index in [1.165, 1.54) is 9.26 Å². The number of halogens is 1. The van der Waals surface area contributed by atoms with Crippen molar-refractivity contribution in [2.24, 2.45) is 0 Å². The predicted octanol–water partition coefficient (Wildman–Crippen LogP) is 2.04. The van der Waals surface area contributed by atoms with E-state index in [-0.39, 0.29) is 0 Å². The number of nitrogens with zero attached hydrogens (tertiary/aromatic N) is 2. The summed E-state index contributed by atoms with van der Waals surface area (Å²) in [6, 6.07) is 0. The second-order valence-corrected chi connectivity index (χ2v) is 3.55. The zero-order valence-corrected chi connectivity index (χ0v) is 9.54. The fraction of sp³-hybridized carbons (Fsp3) is 0.625. The Bertz CT molecular complexity index is 247. The largest absolute Gasteiger partial charge is 0.375 e. The van der Waals surface area contributed by atoms with E-state index in [0.29, 0.717) is 6.61 Å². The van der Waals surface area contributed by atoms with E-state index in [2.05, 4.69) is 34.6 Å². The average molecular weight is 280 g/mol. The van der Waals surface area contributed by atoms with E-state index in [1.807, 2.05) is 17.8 Å². The molecule has 0 saturated carbocycles. The van der Waals surface area contributed by atoms with E-state index in [9.17, 15) is 0 Å². The third kappa shape index (κ3) is 2.20. The first-order valence-electron chi connectivity index (χ1n) is 4.07. The van der Waals surface area contributed by atoms with Crippen molar-refractivity contribution in [3.8, 4) is 0 Å². The van der Waals surface area contributed by atoms with Crippen molar-refractivity contribution >= 4 is 22.6 Å². The van der Waals surface area contributed by atoms with Crippen LogP contribution in [0.4, 0.5) is 0 Å². The van der Waals surface area contributed by atoms with Gasteiger partial charge in [0.25, 0.3) is 0 Å². The highest BCUT2D eigenvalue weighted by Crippen LogP contribution is 2.12. The van der Waals surface area contributed by atoms with Gasteiger partial charge in [-0.05, 0) is 36.4 Å². The molecule has 1 heterocycles. The number of hydrogen-bond donors (Lipinski definition) is 0. The van der Waals surface area contributed by atoms with E-state index < -0.39 is 0 Å². The highest BCUT2D eigenvalue weighted by molar-refractivity contribution is 14.1. The highest BCUT2D eigenvalue weighted by Gasteiger charge is 2.06. The van der Waals surface area contributed by atoms with Gasteiger partial charge < -0.3 is 4.74 Å². The van der Waals surface area contributed by atoms with Crippen LogP contribution in [-0.2, 0) is 17.9 Å². The molecule has 0 atom stereocenters. The van der Waals surface area contributed by atoms with Crippen molar-refractivity contribution in [3.05, 3.63) is 15.5 Å². The summed E-state index contributed by atoms with van der Waals surface area (Å²) >= 11 is 2.28. The Hall–Kier alpha value is -0.100. The van der Waals surface area contributed by atoms with E-state index in [4.69, 9.17) is 4.74 Å². The van der Waals surface area contributed by atoms with Crippen LogP contribution in [0.25, 0.3) is 0 Å². The molecule has 0 unspecified atom stereocenters. The van der Waals surface area contributed by atoms with E-state index in [0.717, 1.165) is 13.2 Å². The Kier molecular flexibility index (Phi) is 4.00. The first kappa shape index (κ1) is 9.98. The summed E-state index contributed by atoms with van der Waals surface area (Å²) in [7, 11) is 0. The predicted molar refractivity (Wildman–Crippen MR) is 55.9 cm³/mol. The Balaban J connectivity index is 2.72. The lowest BCUT2D eigenvalue weighted by molar-refractivity contribution is 0.127. The summed E-state index contributed by atoms with van der Waals surface area (Å²) in [6.07, 6.45) is 1.87. The molecule has 12 heavy (non-hydrogen) atoms. The molecule has 0 aliphatic rings. The van der Waals surface area contributed by atoms with Crippen LogP contribution >= 0.6 is 22.6 Å². The molecule has 0 aliphatic heterocycles. The molecule has 1 rings (SSSR count). The lowest BCUT2D eigenvalue weighted by Gasteiger charge is -2.04. The molecule has 1 aromatic heterocycles. The minimum Gasteiger partial charge on any atom is -0.375 e. The molecule has 0 spiro atoms. The Morgan fingerprint density at radius 1 is 1.58 bits per heavy atom. The highest BCUT2D eigenvalue weighted by atomic mass is 127. The summed E-state index contributed by atoms with van der Waals surface area (Å²) < 4.78 is 8.49. The smallest absolute Gasteiger partial charge is 0.0895 e. The maximum absolute atomic E-state index is 5.34. The summed E-state index contributed by atoms with van der Waals surface area (Å²) in [4.78, 5) is 0. The molecule has 3 nitrogen and oxygen atoms in total. The van der Waals surface area contributed by atoms with E-state index >= 15 is 0 Å². The number of aromatic nitrogens is 2. The first-order valence-corrected chi connectivity index (χ1v) is 5.15. The van der Waals surface area contributed by atoms with Gasteiger partial charge in [-0.3, -0.25) is 4.68 Å². The maximum atomic E-state index is 5.34. The molecule has 0 fully saturated rings. The van der Waals surface area contributed by atoms with Crippen LogP contribution in [0.15, 0.2) is 6.20 Å².